The van der Waals surface area contributed by atoms with Crippen LogP contribution in [0.1, 0.15) is 58.4 Å². The van der Waals surface area contributed by atoms with Gasteiger partial charge in [0.1, 0.15) is 11.4 Å². The van der Waals surface area contributed by atoms with E-state index in [2.05, 4.69) is 0 Å². The summed E-state index contributed by atoms with van der Waals surface area (Å²) < 4.78 is 18.2. The molecule has 0 saturated carbocycles. The number of rotatable bonds is 2. The van der Waals surface area contributed by atoms with E-state index in [4.69, 9.17) is 4.74 Å². The molecule has 0 radical (unpaired) electrons. The number of hydrogen-bond acceptors (Lipinski definition) is 3. The second kappa shape index (κ2) is 5.64. The Hall–Kier alpha value is -0.870. The number of hydrogen-bond donors (Lipinski definition) is 1. The zero-order chi connectivity index (χ0) is 16.0. The second-order valence-corrected chi connectivity index (χ2v) is 9.67. The molecule has 0 spiro atoms. The quantitative estimate of drug-likeness (QED) is 0.906. The maximum atomic E-state index is 12.3. The summed E-state index contributed by atoms with van der Waals surface area (Å²) in [6, 6.07) is 7.79. The van der Waals surface area contributed by atoms with Gasteiger partial charge in [-0.2, -0.15) is 0 Å². The zero-order valence-electron chi connectivity index (χ0n) is 13.7. The van der Waals surface area contributed by atoms with E-state index in [1.165, 1.54) is 0 Å². The molecule has 22 heavy (non-hydrogen) atoms. The normalized spacial score (nSPS) is 35.2. The molecule has 2 saturated heterocycles. The predicted octanol–water partition coefficient (Wildman–Crippen LogP) is 3.52. The molecule has 2 bridgehead atoms. The molecule has 0 aromatic heterocycles. The third-order valence-corrected chi connectivity index (χ3v) is 6.77. The summed E-state index contributed by atoms with van der Waals surface area (Å²) in [5.41, 5.74) is -0.122. The minimum Gasteiger partial charge on any atom is -0.488 e. The molecule has 3 nitrogen and oxygen atoms in total. The fourth-order valence-electron chi connectivity index (χ4n) is 3.71. The molecule has 4 heteroatoms. The first-order chi connectivity index (χ1) is 10.3. The number of benzene rings is 1. The minimum atomic E-state index is -0.829. The molecule has 1 N–H and O–H groups in total. The van der Waals surface area contributed by atoms with Crippen molar-refractivity contribution in [3.63, 3.8) is 0 Å². The van der Waals surface area contributed by atoms with E-state index in [0.29, 0.717) is 12.8 Å². The van der Waals surface area contributed by atoms with Crippen LogP contribution in [0.15, 0.2) is 24.3 Å². The van der Waals surface area contributed by atoms with Crippen molar-refractivity contribution in [2.24, 2.45) is 0 Å². The fourth-order valence-corrected chi connectivity index (χ4v) is 5.93. The largest absolute Gasteiger partial charge is 0.488 e. The number of aliphatic hydroxyl groups is 1. The average molecular weight is 322 g/mol. The highest BCUT2D eigenvalue weighted by molar-refractivity contribution is 7.86. The van der Waals surface area contributed by atoms with Gasteiger partial charge in [-0.1, -0.05) is 18.6 Å². The molecular weight excluding hydrogens is 296 g/mol. The maximum Gasteiger partial charge on any atom is 0.120 e. The molecule has 3 rings (SSSR count). The lowest BCUT2D eigenvalue weighted by molar-refractivity contribution is 0.00646. The van der Waals surface area contributed by atoms with Crippen molar-refractivity contribution in [3.05, 3.63) is 29.8 Å². The monoisotopic (exact) mass is 322 g/mol. The van der Waals surface area contributed by atoms with Crippen LogP contribution in [0.25, 0.3) is 0 Å². The Morgan fingerprint density at radius 2 is 1.68 bits per heavy atom. The summed E-state index contributed by atoms with van der Waals surface area (Å²) >= 11 is 0. The van der Waals surface area contributed by atoms with Gasteiger partial charge in [0.2, 0.25) is 0 Å². The highest BCUT2D eigenvalue weighted by atomic mass is 32.2. The lowest BCUT2D eigenvalue weighted by atomic mass is 9.80. The summed E-state index contributed by atoms with van der Waals surface area (Å²) in [7, 11) is -0.759. The number of fused-ring (bicyclic) bond motifs is 2. The Balaban J connectivity index is 1.80. The molecule has 1 aromatic rings. The summed E-state index contributed by atoms with van der Waals surface area (Å²) in [4.78, 5) is 0. The molecular formula is C18H26O3S. The first kappa shape index (κ1) is 16.0. The van der Waals surface area contributed by atoms with E-state index in [-0.39, 0.29) is 16.1 Å². The summed E-state index contributed by atoms with van der Waals surface area (Å²) in [5, 5.41) is 11.4. The third-order valence-electron chi connectivity index (χ3n) is 4.66. The van der Waals surface area contributed by atoms with Crippen LogP contribution in [-0.4, -0.2) is 25.4 Å². The molecule has 2 aliphatic rings. The summed E-state index contributed by atoms with van der Waals surface area (Å²) in [6.07, 6.45) is 4.36. The van der Waals surface area contributed by atoms with Crippen molar-refractivity contribution in [1.29, 1.82) is 0 Å². The Morgan fingerprint density at radius 1 is 1.14 bits per heavy atom. The molecule has 2 aliphatic heterocycles. The van der Waals surface area contributed by atoms with Gasteiger partial charge in [0.05, 0.1) is 5.60 Å². The first-order valence-corrected chi connectivity index (χ1v) is 9.46. The van der Waals surface area contributed by atoms with Crippen LogP contribution in [0.3, 0.4) is 0 Å². The second-order valence-electron chi connectivity index (χ2n) is 7.68. The van der Waals surface area contributed by atoms with Crippen molar-refractivity contribution < 1.29 is 14.1 Å². The molecule has 0 amide bonds. The van der Waals surface area contributed by atoms with Crippen molar-refractivity contribution in [2.45, 2.75) is 74.6 Å². The molecule has 1 aromatic carbocycles. The molecule has 122 valence electrons. The van der Waals surface area contributed by atoms with Crippen molar-refractivity contribution in [3.8, 4) is 5.75 Å². The standard InChI is InChI=1S/C18H26O3S/c1-17(2,3)21-14-9-7-13(8-10-14)18(19)11-15-5-4-6-16(12-18)22(15)20/h7-10,15-16,19H,4-6,11-12H2,1-3H3. The van der Waals surface area contributed by atoms with Gasteiger partial charge in [-0.15, -0.1) is 0 Å². The Labute approximate surface area is 135 Å². The van der Waals surface area contributed by atoms with E-state index in [0.717, 1.165) is 30.6 Å². The van der Waals surface area contributed by atoms with E-state index in [1.54, 1.807) is 0 Å². The van der Waals surface area contributed by atoms with Gasteiger partial charge >= 0.3 is 0 Å². The van der Waals surface area contributed by atoms with Gasteiger partial charge < -0.3 is 9.84 Å². The van der Waals surface area contributed by atoms with Crippen LogP contribution in [0.2, 0.25) is 0 Å². The summed E-state index contributed by atoms with van der Waals surface area (Å²) in [5.74, 6) is 0.819. The average Bonchev–Trinajstić information content (AvgIpc) is 2.40. The minimum absolute atomic E-state index is 0.156. The van der Waals surface area contributed by atoms with Crippen LogP contribution in [0.4, 0.5) is 0 Å². The van der Waals surface area contributed by atoms with E-state index in [1.807, 2.05) is 45.0 Å². The zero-order valence-corrected chi connectivity index (χ0v) is 14.5. The fraction of sp³-hybridized carbons (Fsp3) is 0.667. The van der Waals surface area contributed by atoms with Crippen LogP contribution < -0.4 is 4.74 Å². The molecule has 0 aliphatic carbocycles. The summed E-state index contributed by atoms with van der Waals surface area (Å²) in [6.45, 7) is 6.06. The molecule has 2 fully saturated rings. The molecule has 2 atom stereocenters. The Kier molecular flexibility index (Phi) is 4.11. The van der Waals surface area contributed by atoms with Crippen LogP contribution >= 0.6 is 0 Å². The third kappa shape index (κ3) is 3.23. The molecule has 2 unspecified atom stereocenters. The van der Waals surface area contributed by atoms with Crippen LogP contribution in [0.5, 0.6) is 5.75 Å². The van der Waals surface area contributed by atoms with Crippen LogP contribution in [-0.2, 0) is 16.4 Å². The topological polar surface area (TPSA) is 46.5 Å². The predicted molar refractivity (Wildman–Crippen MR) is 89.5 cm³/mol. The Bertz CT molecular complexity index is 543. The lowest BCUT2D eigenvalue weighted by Crippen LogP contribution is -2.47. The molecule has 2 heterocycles. The van der Waals surface area contributed by atoms with Gasteiger partial charge in [0, 0.05) is 21.3 Å². The van der Waals surface area contributed by atoms with Gasteiger partial charge in [0.15, 0.2) is 0 Å². The highest BCUT2D eigenvalue weighted by Gasteiger charge is 2.46. The first-order valence-electron chi connectivity index (χ1n) is 8.18. The van der Waals surface area contributed by atoms with Gasteiger partial charge in [-0.25, -0.2) is 0 Å². The van der Waals surface area contributed by atoms with Gasteiger partial charge in [-0.3, -0.25) is 4.21 Å². The van der Waals surface area contributed by atoms with E-state index >= 15 is 0 Å². The van der Waals surface area contributed by atoms with Crippen LogP contribution in [0, 0.1) is 0 Å². The SMILES string of the molecule is CC(C)(C)Oc1ccc(C2(O)CC3CCCC(C2)S3=O)cc1. The maximum absolute atomic E-state index is 12.3. The van der Waals surface area contributed by atoms with E-state index < -0.39 is 16.4 Å². The lowest BCUT2D eigenvalue weighted by Gasteiger charge is -2.43. The van der Waals surface area contributed by atoms with Crippen molar-refractivity contribution >= 4 is 10.8 Å². The number of ether oxygens (including phenoxy) is 1. The van der Waals surface area contributed by atoms with Crippen molar-refractivity contribution in [2.75, 3.05) is 0 Å². The highest BCUT2D eigenvalue weighted by Crippen LogP contribution is 2.44. The van der Waals surface area contributed by atoms with Crippen molar-refractivity contribution in [1.82, 2.24) is 0 Å². The Morgan fingerprint density at radius 3 is 2.18 bits per heavy atom. The van der Waals surface area contributed by atoms with Gasteiger partial charge in [0.25, 0.3) is 0 Å². The van der Waals surface area contributed by atoms with Gasteiger partial charge in [-0.05, 0) is 64.2 Å². The van der Waals surface area contributed by atoms with E-state index in [9.17, 15) is 9.32 Å². The smallest absolute Gasteiger partial charge is 0.120 e.